The van der Waals surface area contributed by atoms with E-state index in [0.717, 1.165) is 17.0 Å². The molecule has 0 saturated carbocycles. The van der Waals surface area contributed by atoms with Crippen LogP contribution < -0.4 is 25.2 Å². The number of nitrogens with one attached hydrogen (secondary N) is 2. The van der Waals surface area contributed by atoms with Crippen LogP contribution in [0.5, 0.6) is 11.5 Å². The highest BCUT2D eigenvalue weighted by Crippen LogP contribution is 2.27. The van der Waals surface area contributed by atoms with Crippen LogP contribution in [0.25, 0.3) is 0 Å². The van der Waals surface area contributed by atoms with Gasteiger partial charge in [0.2, 0.25) is 11.8 Å². The maximum atomic E-state index is 13.0. The molecule has 2 N–H and O–H groups in total. The van der Waals surface area contributed by atoms with Crippen molar-refractivity contribution in [1.82, 2.24) is 5.43 Å². The van der Waals surface area contributed by atoms with Crippen molar-refractivity contribution in [2.24, 2.45) is 5.92 Å². The predicted octanol–water partition coefficient (Wildman–Crippen LogP) is 4.30. The Morgan fingerprint density at radius 3 is 2.29 bits per heavy atom. The highest BCUT2D eigenvalue weighted by Gasteiger charge is 2.35. The third-order valence-corrected chi connectivity index (χ3v) is 5.46. The number of amides is 2. The highest BCUT2D eigenvalue weighted by molar-refractivity contribution is 6.00. The summed E-state index contributed by atoms with van der Waals surface area (Å²) in [4.78, 5) is 26.7. The Hall–Kier alpha value is -4.07. The minimum absolute atomic E-state index is 0.0908. The number of ether oxygens (including phenoxy) is 2. The zero-order valence-corrected chi connectivity index (χ0v) is 18.8. The topological polar surface area (TPSA) is 79.9 Å². The molecule has 0 spiro atoms. The SMILES string of the molecule is CCOc1ccc(N2C[C@@H](C(=O)NNc3ccc(OCc4ccc(F)cc4)cc3)CC2=O)cc1. The number of nitrogens with zero attached hydrogens (tertiary/aromatic N) is 1. The first-order valence-electron chi connectivity index (χ1n) is 11.1. The normalized spacial score (nSPS) is 15.2. The number of rotatable bonds is 9. The maximum absolute atomic E-state index is 13.0. The van der Waals surface area contributed by atoms with Crippen molar-refractivity contribution >= 4 is 23.2 Å². The van der Waals surface area contributed by atoms with Crippen LogP contribution in [0, 0.1) is 11.7 Å². The van der Waals surface area contributed by atoms with Crippen LogP contribution in [-0.2, 0) is 16.2 Å². The molecule has 1 fully saturated rings. The van der Waals surface area contributed by atoms with Crippen LogP contribution in [-0.4, -0.2) is 25.0 Å². The zero-order chi connectivity index (χ0) is 23.9. The third-order valence-electron chi connectivity index (χ3n) is 5.46. The summed E-state index contributed by atoms with van der Waals surface area (Å²) in [5.41, 5.74) is 7.84. The van der Waals surface area contributed by atoms with Gasteiger partial charge in [0.25, 0.3) is 0 Å². The van der Waals surface area contributed by atoms with Crippen LogP contribution in [0.3, 0.4) is 0 Å². The Morgan fingerprint density at radius 2 is 1.62 bits per heavy atom. The molecule has 8 heteroatoms. The first kappa shape index (κ1) is 23.1. The number of carbonyl (C=O) groups excluding carboxylic acids is 2. The Balaban J connectivity index is 1.25. The average molecular weight is 464 g/mol. The van der Waals surface area contributed by atoms with Crippen molar-refractivity contribution < 1.29 is 23.5 Å². The lowest BCUT2D eigenvalue weighted by molar-refractivity contribution is -0.125. The Labute approximate surface area is 197 Å². The molecule has 1 aliphatic heterocycles. The fourth-order valence-electron chi connectivity index (χ4n) is 3.64. The van der Waals surface area contributed by atoms with Crippen LogP contribution in [0.1, 0.15) is 18.9 Å². The summed E-state index contributed by atoms with van der Waals surface area (Å²) in [5.74, 6) is 0.305. The molecule has 4 rings (SSSR count). The Morgan fingerprint density at radius 1 is 0.971 bits per heavy atom. The van der Waals surface area contributed by atoms with Gasteiger partial charge in [-0.15, -0.1) is 0 Å². The number of hydrogen-bond donors (Lipinski definition) is 2. The zero-order valence-electron chi connectivity index (χ0n) is 18.8. The number of halogens is 1. The molecule has 176 valence electrons. The van der Waals surface area contributed by atoms with E-state index in [4.69, 9.17) is 9.47 Å². The molecule has 3 aromatic rings. The molecule has 1 atom stereocenters. The molecule has 0 aliphatic carbocycles. The third kappa shape index (κ3) is 5.83. The first-order valence-corrected chi connectivity index (χ1v) is 11.1. The second kappa shape index (κ2) is 10.7. The monoisotopic (exact) mass is 463 g/mol. The summed E-state index contributed by atoms with van der Waals surface area (Å²) in [6, 6.07) is 20.5. The van der Waals surface area contributed by atoms with Gasteiger partial charge in [-0.2, -0.15) is 0 Å². The van der Waals surface area contributed by atoms with Gasteiger partial charge in [0.1, 0.15) is 23.9 Å². The van der Waals surface area contributed by atoms with Gasteiger partial charge in [0, 0.05) is 18.7 Å². The lowest BCUT2D eigenvalue weighted by Crippen LogP contribution is -2.36. The van der Waals surface area contributed by atoms with E-state index < -0.39 is 5.92 Å². The lowest BCUT2D eigenvalue weighted by Gasteiger charge is -2.17. The summed E-state index contributed by atoms with van der Waals surface area (Å²) < 4.78 is 24.1. The van der Waals surface area contributed by atoms with Crippen LogP contribution in [0.2, 0.25) is 0 Å². The van der Waals surface area contributed by atoms with Crippen LogP contribution >= 0.6 is 0 Å². The molecular weight excluding hydrogens is 437 g/mol. The van der Waals surface area contributed by atoms with E-state index in [1.165, 1.54) is 12.1 Å². The molecule has 0 unspecified atom stereocenters. The summed E-state index contributed by atoms with van der Waals surface area (Å²) in [7, 11) is 0. The van der Waals surface area contributed by atoms with Crippen molar-refractivity contribution in [3.05, 3.63) is 84.2 Å². The van der Waals surface area contributed by atoms with Gasteiger partial charge in [0.15, 0.2) is 0 Å². The first-order chi connectivity index (χ1) is 16.5. The van der Waals surface area contributed by atoms with Crippen LogP contribution in [0.15, 0.2) is 72.8 Å². The fourth-order valence-corrected chi connectivity index (χ4v) is 3.64. The van der Waals surface area contributed by atoms with Crippen molar-refractivity contribution in [1.29, 1.82) is 0 Å². The molecule has 7 nitrogen and oxygen atoms in total. The molecular formula is C26H26FN3O4. The smallest absolute Gasteiger partial charge is 0.243 e. The standard InChI is InChI=1S/C26H26FN3O4/c1-2-33-23-13-9-22(10-14-23)30-16-19(15-25(30)31)26(32)29-28-21-7-11-24(12-8-21)34-17-18-3-5-20(27)6-4-18/h3-14,19,28H,2,15-17H2,1H3,(H,29,32)/t19-/m0/s1. The predicted molar refractivity (Wildman–Crippen MR) is 127 cm³/mol. The van der Waals surface area contributed by atoms with E-state index in [9.17, 15) is 14.0 Å². The van der Waals surface area contributed by atoms with Gasteiger partial charge in [-0.05, 0) is 73.2 Å². The summed E-state index contributed by atoms with van der Waals surface area (Å²) in [5, 5.41) is 0. The number of hydrazine groups is 1. The molecule has 34 heavy (non-hydrogen) atoms. The van der Waals surface area contributed by atoms with E-state index >= 15 is 0 Å². The van der Waals surface area contributed by atoms with Gasteiger partial charge in [-0.1, -0.05) is 12.1 Å². The molecule has 0 aromatic heterocycles. The molecule has 1 heterocycles. The van der Waals surface area contributed by atoms with E-state index in [0.29, 0.717) is 31.2 Å². The molecule has 0 bridgehead atoms. The summed E-state index contributed by atoms with van der Waals surface area (Å²) in [6.45, 7) is 3.12. The summed E-state index contributed by atoms with van der Waals surface area (Å²) >= 11 is 0. The molecule has 0 radical (unpaired) electrons. The number of anilines is 2. The van der Waals surface area contributed by atoms with Crippen LogP contribution in [0.4, 0.5) is 15.8 Å². The number of benzene rings is 3. The Bertz CT molecular complexity index is 1120. The highest BCUT2D eigenvalue weighted by atomic mass is 19.1. The van der Waals surface area contributed by atoms with Crippen molar-refractivity contribution in [2.45, 2.75) is 20.0 Å². The lowest BCUT2D eigenvalue weighted by atomic mass is 10.1. The molecule has 3 aromatic carbocycles. The molecule has 1 saturated heterocycles. The number of carbonyl (C=O) groups is 2. The minimum atomic E-state index is -0.454. The molecule has 2 amide bonds. The quantitative estimate of drug-likeness (QED) is 0.463. The largest absolute Gasteiger partial charge is 0.494 e. The van der Waals surface area contributed by atoms with Gasteiger partial charge in [-0.3, -0.25) is 20.4 Å². The van der Waals surface area contributed by atoms with Gasteiger partial charge in [0.05, 0.1) is 18.2 Å². The van der Waals surface area contributed by atoms with Gasteiger partial charge >= 0.3 is 0 Å². The van der Waals surface area contributed by atoms with E-state index in [-0.39, 0.29) is 24.1 Å². The Kier molecular flexibility index (Phi) is 7.27. The van der Waals surface area contributed by atoms with Gasteiger partial charge < -0.3 is 14.4 Å². The van der Waals surface area contributed by atoms with E-state index in [1.54, 1.807) is 41.3 Å². The summed E-state index contributed by atoms with van der Waals surface area (Å²) in [6.07, 6.45) is 0.150. The van der Waals surface area contributed by atoms with E-state index in [2.05, 4.69) is 10.9 Å². The number of hydrogen-bond acceptors (Lipinski definition) is 5. The van der Waals surface area contributed by atoms with Crippen molar-refractivity contribution in [2.75, 3.05) is 23.5 Å². The van der Waals surface area contributed by atoms with Crippen molar-refractivity contribution in [3.63, 3.8) is 0 Å². The van der Waals surface area contributed by atoms with E-state index in [1.807, 2.05) is 31.2 Å². The second-order valence-electron chi connectivity index (χ2n) is 7.89. The molecule has 1 aliphatic rings. The second-order valence-corrected chi connectivity index (χ2v) is 7.89. The average Bonchev–Trinajstić information content (AvgIpc) is 3.25. The van der Waals surface area contributed by atoms with Crippen molar-refractivity contribution in [3.8, 4) is 11.5 Å². The van der Waals surface area contributed by atoms with Gasteiger partial charge in [-0.25, -0.2) is 4.39 Å². The maximum Gasteiger partial charge on any atom is 0.243 e. The minimum Gasteiger partial charge on any atom is -0.494 e. The fraction of sp³-hybridized carbons (Fsp3) is 0.231.